The molecule has 0 aliphatic carbocycles. The number of esters is 6. The minimum Gasteiger partial charge on any atom is -0.459 e. The summed E-state index contributed by atoms with van der Waals surface area (Å²) in [5.41, 5.74) is -7.82. The van der Waals surface area contributed by atoms with Gasteiger partial charge in [0.05, 0.1) is 134 Å². The summed E-state index contributed by atoms with van der Waals surface area (Å²) in [6.45, 7) is 48.3. The lowest BCUT2D eigenvalue weighted by atomic mass is 9.73. The molecule has 36 atom stereocenters. The molecule has 0 aromatic carbocycles. The molecular weight excluding hydrogens is 1750 g/mol. The Balaban J connectivity index is 0.000000409. The molecule has 7 rings (SSSR count). The number of methoxy groups -OCH3 is 2. The van der Waals surface area contributed by atoms with Crippen LogP contribution in [0.1, 0.15) is 224 Å². The third kappa shape index (κ3) is 29.4. The summed E-state index contributed by atoms with van der Waals surface area (Å²) in [6.07, 6.45) is -18.0. The van der Waals surface area contributed by atoms with Gasteiger partial charge in [0, 0.05) is 97.2 Å². The number of cyclic esters (lactones) is 2. The standard InChI is InChI=1S/C48H82N2O19S.C45H76N2O15/c1-19-36-48(14,56)41(54)28(5)38(49-69-34(11)53)26(3)21-47(13,60-23-25(2)24-61-70(18,57)58)42(68-45-40(64-32(9)51)35(50(15)16)20-27(4)62-45)29(6)39(30(7)44(55)66-36)67-37-22-46(12,59-17)43(31(8)63-37)65-33(10)52;1-17-33-45(13,52)38(50)26(5)35-24(3)19-44(12,54-21-23(2)22-55-46-35)39(62-42-37(58-30(9)48)32(47(14)15)18-25(4)56-42)27(6)36(28(7)41(51)60-33)61-34-20-43(11,53-16)40(29(8)57-34)59-31(10)49/h26-31,35-37,39-43,45,54,56H,2,19-24H2,1,3-18H3;24-29,32-34,36-40,42,50,52H,2,17-22H2,1,3-16H3/b49-38+;46-35+/t26-,27-,28+,29+,30-,31+,35+,36-,37?,39+,40-,41-,42-,43+,45+,46-,47-,48-;24-,25-,26+,27+,28-,29+,32+,33-,34?,36+,37-,38-,39-,40+,42+,43-,44-,45-/m11/s1. The van der Waals surface area contributed by atoms with Gasteiger partial charge in [-0.3, -0.25) is 33.0 Å². The van der Waals surface area contributed by atoms with E-state index in [9.17, 15) is 62.4 Å². The summed E-state index contributed by atoms with van der Waals surface area (Å²) in [7, 11) is 6.56. The Kier molecular flexibility index (Phi) is 41.9. The number of aliphatic hydroxyl groups excluding tert-OH is 2. The lowest BCUT2D eigenvalue weighted by Crippen LogP contribution is -2.62. The van der Waals surface area contributed by atoms with Crippen LogP contribution in [0.15, 0.2) is 34.6 Å². The average molecular weight is 1910 g/mol. The fourth-order valence-electron chi connectivity index (χ4n) is 19.9. The van der Waals surface area contributed by atoms with E-state index in [4.69, 9.17) is 99.1 Å². The topological polar surface area (TPSA) is 460 Å². The second-order valence-corrected chi connectivity index (χ2v) is 41.0. The molecular formula is C93H158N4O34S. The minimum atomic E-state index is -3.91. The number of likely N-dealkylation sites (N-methyl/N-ethyl adjacent to an activating group) is 2. The maximum atomic E-state index is 14.8. The highest BCUT2D eigenvalue weighted by molar-refractivity contribution is 7.86. The lowest BCUT2D eigenvalue weighted by Gasteiger charge is -2.50. The molecule has 0 spiro atoms. The first-order chi connectivity index (χ1) is 61.0. The Labute approximate surface area is 781 Å². The van der Waals surface area contributed by atoms with Gasteiger partial charge in [-0.2, -0.15) is 8.42 Å². The Bertz CT molecular complexity index is 4040. The first kappa shape index (κ1) is 115. The predicted molar refractivity (Wildman–Crippen MR) is 480 cm³/mol. The molecule has 760 valence electrons. The highest BCUT2D eigenvalue weighted by Gasteiger charge is 2.60. The maximum Gasteiger partial charge on any atom is 0.331 e. The van der Waals surface area contributed by atoms with Gasteiger partial charge in [0.2, 0.25) is 0 Å². The number of fused-ring (bicyclic) bond motifs is 3. The zero-order chi connectivity index (χ0) is 100. The highest BCUT2D eigenvalue weighted by atomic mass is 32.2. The van der Waals surface area contributed by atoms with Crippen LogP contribution in [0, 0.1) is 47.3 Å². The first-order valence-corrected chi connectivity index (χ1v) is 47.8. The molecule has 2 unspecified atom stereocenters. The van der Waals surface area contributed by atoms with Crippen LogP contribution >= 0.6 is 0 Å². The molecule has 0 saturated carbocycles. The molecule has 4 N–H and O–H groups in total. The molecule has 39 heteroatoms. The van der Waals surface area contributed by atoms with Gasteiger partial charge >= 0.3 is 41.8 Å². The van der Waals surface area contributed by atoms with Gasteiger partial charge in [-0.05, 0) is 161 Å². The van der Waals surface area contributed by atoms with Crippen LogP contribution in [-0.2, 0) is 143 Å². The molecule has 6 fully saturated rings. The number of oxime groups is 2. The molecule has 7 heterocycles. The van der Waals surface area contributed by atoms with Crippen molar-refractivity contribution < 1.29 is 162 Å². The van der Waals surface area contributed by atoms with E-state index >= 15 is 0 Å². The second-order valence-electron chi connectivity index (χ2n) is 39.3. The van der Waals surface area contributed by atoms with Crippen molar-refractivity contribution in [2.45, 2.75) is 393 Å². The summed E-state index contributed by atoms with van der Waals surface area (Å²) in [5, 5.41) is 57.0. The van der Waals surface area contributed by atoms with Gasteiger partial charge < -0.3 is 125 Å². The fourth-order valence-corrected chi connectivity index (χ4v) is 20.3. The summed E-state index contributed by atoms with van der Waals surface area (Å²) in [5.74, 6) is -11.6. The zero-order valence-corrected chi connectivity index (χ0v) is 84.8. The number of carbonyl (C=O) groups is 7. The summed E-state index contributed by atoms with van der Waals surface area (Å²) in [6, 6.07) is -0.700. The van der Waals surface area contributed by atoms with E-state index in [-0.39, 0.29) is 81.8 Å². The monoisotopic (exact) mass is 1910 g/mol. The van der Waals surface area contributed by atoms with Gasteiger partial charge in [-0.1, -0.05) is 78.9 Å². The molecule has 132 heavy (non-hydrogen) atoms. The Morgan fingerprint density at radius 2 is 0.947 bits per heavy atom. The largest absolute Gasteiger partial charge is 0.459 e. The molecule has 0 radical (unpaired) electrons. The summed E-state index contributed by atoms with van der Waals surface area (Å²) < 4.78 is 145. The second kappa shape index (κ2) is 48.1. The average Bonchev–Trinajstić information content (AvgIpc) is 0.761. The molecule has 0 amide bonds. The number of nitrogens with zero attached hydrogens (tertiary/aromatic N) is 4. The van der Waals surface area contributed by atoms with Crippen molar-refractivity contribution in [3.05, 3.63) is 24.3 Å². The number of rotatable bonds is 25. The maximum absolute atomic E-state index is 14.8. The van der Waals surface area contributed by atoms with Crippen LogP contribution in [0.3, 0.4) is 0 Å². The zero-order valence-electron chi connectivity index (χ0n) is 84.0. The van der Waals surface area contributed by atoms with Crippen LogP contribution in [0.5, 0.6) is 0 Å². The number of carbonyl (C=O) groups excluding carboxylic acids is 7. The quantitative estimate of drug-likeness (QED) is 0.0167. The molecule has 0 aromatic rings. The fraction of sp³-hybridized carbons (Fsp3) is 0.860. The van der Waals surface area contributed by atoms with E-state index in [2.05, 4.69) is 23.5 Å². The summed E-state index contributed by atoms with van der Waals surface area (Å²) in [4.78, 5) is 107. The molecule has 7 aliphatic rings. The van der Waals surface area contributed by atoms with Gasteiger partial charge in [-0.25, -0.2) is 4.79 Å². The van der Waals surface area contributed by atoms with Crippen molar-refractivity contribution in [2.24, 2.45) is 57.7 Å². The Hall–Kier alpha value is -5.90. The number of aliphatic hydroxyl groups is 4. The van der Waals surface area contributed by atoms with Crippen molar-refractivity contribution in [3.8, 4) is 0 Å². The van der Waals surface area contributed by atoms with E-state index in [1.807, 2.05) is 72.6 Å². The van der Waals surface area contributed by atoms with Crippen molar-refractivity contribution in [1.29, 1.82) is 0 Å². The minimum absolute atomic E-state index is 0.00189. The normalized spacial score (nSPS) is 42.2. The highest BCUT2D eigenvalue weighted by Crippen LogP contribution is 2.48. The van der Waals surface area contributed by atoms with E-state index in [0.29, 0.717) is 24.1 Å². The van der Waals surface area contributed by atoms with Gasteiger partial charge in [0.25, 0.3) is 10.1 Å². The van der Waals surface area contributed by atoms with Crippen LogP contribution < -0.4 is 0 Å². The lowest BCUT2D eigenvalue weighted by molar-refractivity contribution is -0.321. The van der Waals surface area contributed by atoms with Gasteiger partial charge in [0.15, 0.2) is 49.6 Å². The van der Waals surface area contributed by atoms with Gasteiger partial charge in [0.1, 0.15) is 41.2 Å². The van der Waals surface area contributed by atoms with Crippen LogP contribution in [0.2, 0.25) is 0 Å². The molecule has 6 saturated heterocycles. The Morgan fingerprint density at radius 1 is 0.530 bits per heavy atom. The van der Waals surface area contributed by atoms with E-state index in [0.717, 1.165) is 13.2 Å². The number of hydrogen-bond donors (Lipinski definition) is 4. The molecule has 38 nitrogen and oxygen atoms in total. The van der Waals surface area contributed by atoms with Crippen LogP contribution in [0.25, 0.3) is 0 Å². The van der Waals surface area contributed by atoms with Crippen molar-refractivity contribution in [2.75, 3.05) is 75.1 Å². The first-order valence-electron chi connectivity index (χ1n) is 46.0. The predicted octanol–water partition coefficient (Wildman–Crippen LogP) is 8.16. The van der Waals surface area contributed by atoms with E-state index < -0.39 is 262 Å². The molecule has 0 aromatic heterocycles. The van der Waals surface area contributed by atoms with Crippen molar-refractivity contribution in [3.63, 3.8) is 0 Å². The number of ether oxygens (including phenoxy) is 18. The van der Waals surface area contributed by atoms with Gasteiger partial charge in [-0.15, -0.1) is 0 Å². The van der Waals surface area contributed by atoms with Crippen molar-refractivity contribution >= 4 is 63.3 Å². The van der Waals surface area contributed by atoms with Crippen LogP contribution in [0.4, 0.5) is 0 Å². The Morgan fingerprint density at radius 3 is 1.34 bits per heavy atom. The number of hydrogen-bond acceptors (Lipinski definition) is 38. The third-order valence-corrected chi connectivity index (χ3v) is 27.7. The summed E-state index contributed by atoms with van der Waals surface area (Å²) >= 11 is 0. The van der Waals surface area contributed by atoms with E-state index in [1.165, 1.54) is 55.8 Å². The van der Waals surface area contributed by atoms with Crippen molar-refractivity contribution in [1.82, 2.24) is 9.80 Å². The molecule has 2 bridgehead atoms. The van der Waals surface area contributed by atoms with E-state index in [1.54, 1.807) is 90.0 Å². The third-order valence-electron chi connectivity index (χ3n) is 27.1. The smallest absolute Gasteiger partial charge is 0.331 e. The van der Waals surface area contributed by atoms with Crippen LogP contribution in [-0.4, -0.2) is 335 Å². The molecule has 7 aliphatic heterocycles. The SMILES string of the molecule is C=C(CO[C@]1(C)C[C@@H](C)/C(=N\OC(C)=O)[C@H](C)[C@@H](O)[C@](C)(O)[C@@H](CC)OC(=O)[C@H](C)[C@@H](OC2C[C@@](C)(OC)[C@@H](OC(C)=O)[C@H](C)O2)[C@H](C)[C@H]1O[C@@H]1O[C@H](C)C[C@H](N(C)C)[C@H]1OC(C)=O)COS(C)(=O)=O.C=C1CO/N=C2\[C@H](C)C[C@@](C)(OC1)[C@H](O[C@@H]1O[C@H](C)C[C@H](N(C)C)[C@H]1OC(C)=O)[C@@H](C)[C@H](OC1C[C@@](C)(OC)[C@@H](OC(C)=O)[C@H](C)O1)[C@@H](C)C(=O)O[C@H](CC)[C@@](C)(O)[C@H](O)[C@H]2C.